The Bertz CT molecular complexity index is 541. The summed E-state index contributed by atoms with van der Waals surface area (Å²) in [5.41, 5.74) is 0. The van der Waals surface area contributed by atoms with Gasteiger partial charge in [0.05, 0.1) is 18.1 Å². The fourth-order valence-corrected chi connectivity index (χ4v) is 4.35. The van der Waals surface area contributed by atoms with Gasteiger partial charge in [-0.1, -0.05) is 6.58 Å². The van der Waals surface area contributed by atoms with Crippen LogP contribution in [0.25, 0.3) is 0 Å². The molecule has 7 nitrogen and oxygen atoms in total. The molecule has 1 spiro atoms. The Morgan fingerprint density at radius 3 is 2.74 bits per heavy atom. The Kier molecular flexibility index (Phi) is 3.29. The van der Waals surface area contributed by atoms with Crippen molar-refractivity contribution in [3.8, 4) is 0 Å². The first-order valence-corrected chi connectivity index (χ1v) is 7.57. The van der Waals surface area contributed by atoms with Gasteiger partial charge in [0, 0.05) is 13.1 Å². The minimum atomic E-state index is -3.55. The molecule has 0 radical (unpaired) electrons. The summed E-state index contributed by atoms with van der Waals surface area (Å²) in [6.45, 7) is 5.16. The largest absolute Gasteiger partial charge is 0.416 e. The highest BCUT2D eigenvalue weighted by molar-refractivity contribution is 7.93. The Balaban J connectivity index is 2.25. The summed E-state index contributed by atoms with van der Waals surface area (Å²) in [6, 6.07) is 0. The number of nitrogens with one attached hydrogen (secondary N) is 1. The first-order valence-electron chi connectivity index (χ1n) is 5.91. The Morgan fingerprint density at radius 2 is 2.21 bits per heavy atom. The maximum Gasteiger partial charge on any atom is 0.414 e. The molecule has 106 valence electrons. The highest BCUT2D eigenvalue weighted by Crippen LogP contribution is 2.32. The number of ether oxygens (including phenoxy) is 1. The van der Waals surface area contributed by atoms with Crippen LogP contribution in [0.15, 0.2) is 12.3 Å². The summed E-state index contributed by atoms with van der Waals surface area (Å²) < 4.78 is 27.6. The van der Waals surface area contributed by atoms with Gasteiger partial charge in [-0.2, -0.15) is 0 Å². The van der Waals surface area contributed by atoms with Gasteiger partial charge in [-0.3, -0.25) is 4.79 Å². The van der Waals surface area contributed by atoms with E-state index in [1.807, 2.05) is 0 Å². The predicted molar refractivity (Wildman–Crippen MR) is 67.0 cm³/mol. The van der Waals surface area contributed by atoms with Gasteiger partial charge in [-0.05, 0) is 13.3 Å². The van der Waals surface area contributed by atoms with Gasteiger partial charge in [0.1, 0.15) is 0 Å². The molecule has 1 unspecified atom stereocenters. The molecule has 0 saturated carbocycles. The molecule has 2 aliphatic heterocycles. The third-order valence-corrected chi connectivity index (χ3v) is 5.85. The smallest absolute Gasteiger partial charge is 0.414 e. The summed E-state index contributed by atoms with van der Waals surface area (Å²) in [6.07, 6.45) is -0.480. The molecule has 0 aromatic carbocycles. The molecule has 19 heavy (non-hydrogen) atoms. The van der Waals surface area contributed by atoms with Crippen LogP contribution in [0.5, 0.6) is 0 Å². The van der Waals surface area contributed by atoms with Crippen molar-refractivity contribution in [2.75, 3.05) is 25.4 Å². The van der Waals surface area contributed by atoms with Crippen molar-refractivity contribution in [1.82, 2.24) is 10.2 Å². The van der Waals surface area contributed by atoms with Gasteiger partial charge >= 0.3 is 6.09 Å². The average Bonchev–Trinajstić information content (AvgIpc) is 2.65. The van der Waals surface area contributed by atoms with Gasteiger partial charge in [0.15, 0.2) is 14.6 Å². The summed E-state index contributed by atoms with van der Waals surface area (Å²) in [4.78, 5) is 24.9. The van der Waals surface area contributed by atoms with Crippen molar-refractivity contribution in [2.24, 2.45) is 0 Å². The molecule has 1 N–H and O–H groups in total. The van der Waals surface area contributed by atoms with Gasteiger partial charge < -0.3 is 15.0 Å². The standard InChI is InChI=1S/C11H16N2O5S/c1-8(2)18-10(15)13-5-6-19(16,17)11(7-13)3-4-12-9(11)14/h1,3-7H2,2H3,(H,12,14). The Morgan fingerprint density at radius 1 is 1.53 bits per heavy atom. The maximum atomic E-state index is 12.1. The van der Waals surface area contributed by atoms with Gasteiger partial charge in [-0.15, -0.1) is 0 Å². The van der Waals surface area contributed by atoms with E-state index in [2.05, 4.69) is 11.9 Å². The Labute approximate surface area is 111 Å². The quantitative estimate of drug-likeness (QED) is 0.665. The summed E-state index contributed by atoms with van der Waals surface area (Å²) >= 11 is 0. The van der Waals surface area contributed by atoms with Crippen molar-refractivity contribution >= 4 is 21.8 Å². The molecule has 2 heterocycles. The van der Waals surface area contributed by atoms with Gasteiger partial charge in [-0.25, -0.2) is 13.2 Å². The third kappa shape index (κ3) is 2.20. The first-order chi connectivity index (χ1) is 8.78. The lowest BCUT2D eigenvalue weighted by Gasteiger charge is -2.37. The van der Waals surface area contributed by atoms with Crippen LogP contribution in [0.2, 0.25) is 0 Å². The SMILES string of the molecule is C=C(C)OC(=O)N1CCS(=O)(=O)C2(CCNC2=O)C1. The molecule has 2 aliphatic rings. The minimum Gasteiger partial charge on any atom is -0.416 e. The number of hydrogen-bond donors (Lipinski definition) is 1. The lowest BCUT2D eigenvalue weighted by atomic mass is 10.1. The van der Waals surface area contributed by atoms with Crippen LogP contribution < -0.4 is 5.32 Å². The van der Waals surface area contributed by atoms with Crippen molar-refractivity contribution in [2.45, 2.75) is 18.1 Å². The van der Waals surface area contributed by atoms with E-state index in [9.17, 15) is 18.0 Å². The number of sulfone groups is 1. The van der Waals surface area contributed by atoms with Crippen molar-refractivity contribution in [3.63, 3.8) is 0 Å². The molecule has 1 atom stereocenters. The van der Waals surface area contributed by atoms with Crippen LogP contribution >= 0.6 is 0 Å². The van der Waals surface area contributed by atoms with E-state index in [4.69, 9.17) is 4.74 Å². The molecule has 2 fully saturated rings. The predicted octanol–water partition coefficient (Wildman–Crippen LogP) is -0.354. The summed E-state index contributed by atoms with van der Waals surface area (Å²) in [7, 11) is -3.55. The summed E-state index contributed by atoms with van der Waals surface area (Å²) in [5, 5.41) is 2.52. The molecule has 2 rings (SSSR count). The fourth-order valence-electron chi connectivity index (χ4n) is 2.38. The number of carbonyl (C=O) groups excluding carboxylic acids is 2. The van der Waals surface area contributed by atoms with E-state index in [1.165, 1.54) is 11.8 Å². The number of rotatable bonds is 1. The average molecular weight is 288 g/mol. The number of amides is 2. The van der Waals surface area contributed by atoms with Crippen LogP contribution in [0.3, 0.4) is 0 Å². The second-order valence-corrected chi connectivity index (χ2v) is 7.23. The van der Waals surface area contributed by atoms with Gasteiger partial charge in [0.2, 0.25) is 5.91 Å². The molecule has 0 aromatic heterocycles. The minimum absolute atomic E-state index is 0.0312. The second-order valence-electron chi connectivity index (χ2n) is 4.81. The van der Waals surface area contributed by atoms with E-state index in [0.29, 0.717) is 6.54 Å². The van der Waals surface area contributed by atoms with E-state index in [0.717, 1.165) is 0 Å². The molecule has 0 aromatic rings. The van der Waals surface area contributed by atoms with E-state index in [1.54, 1.807) is 0 Å². The monoisotopic (exact) mass is 288 g/mol. The molecular formula is C11H16N2O5S. The zero-order chi connectivity index (χ0) is 14.3. The van der Waals surface area contributed by atoms with Crippen LogP contribution in [0.1, 0.15) is 13.3 Å². The Hall–Kier alpha value is -1.57. The number of carbonyl (C=O) groups is 2. The zero-order valence-electron chi connectivity index (χ0n) is 10.6. The molecule has 2 amide bonds. The molecule has 2 saturated heterocycles. The highest BCUT2D eigenvalue weighted by Gasteiger charge is 2.57. The fraction of sp³-hybridized carbons (Fsp3) is 0.636. The second kappa shape index (κ2) is 4.52. The van der Waals surface area contributed by atoms with Crippen LogP contribution in [-0.4, -0.2) is 55.5 Å². The highest BCUT2D eigenvalue weighted by atomic mass is 32.2. The van der Waals surface area contributed by atoms with Crippen LogP contribution in [0, 0.1) is 0 Å². The number of allylic oxidation sites excluding steroid dienone is 1. The van der Waals surface area contributed by atoms with Crippen LogP contribution in [-0.2, 0) is 19.4 Å². The number of hydrogen-bond acceptors (Lipinski definition) is 5. The molecular weight excluding hydrogens is 272 g/mol. The summed E-state index contributed by atoms with van der Waals surface area (Å²) in [5.74, 6) is -0.533. The van der Waals surface area contributed by atoms with Gasteiger partial charge in [0.25, 0.3) is 0 Å². The topological polar surface area (TPSA) is 92.8 Å². The zero-order valence-corrected chi connectivity index (χ0v) is 11.5. The third-order valence-electron chi connectivity index (χ3n) is 3.42. The van der Waals surface area contributed by atoms with Crippen molar-refractivity contribution < 1.29 is 22.7 Å². The molecule has 8 heteroatoms. The lowest BCUT2D eigenvalue weighted by Crippen LogP contribution is -2.60. The maximum absolute atomic E-state index is 12.1. The van der Waals surface area contributed by atoms with E-state index >= 15 is 0 Å². The lowest BCUT2D eigenvalue weighted by molar-refractivity contribution is -0.121. The molecule has 0 bridgehead atoms. The first kappa shape index (κ1) is 13.9. The van der Waals surface area contributed by atoms with Crippen molar-refractivity contribution in [1.29, 1.82) is 0 Å². The van der Waals surface area contributed by atoms with Crippen LogP contribution in [0.4, 0.5) is 4.79 Å². The molecule has 0 aliphatic carbocycles. The number of nitrogens with zero attached hydrogens (tertiary/aromatic N) is 1. The van der Waals surface area contributed by atoms with E-state index in [-0.39, 0.29) is 31.0 Å². The van der Waals surface area contributed by atoms with Crippen molar-refractivity contribution in [3.05, 3.63) is 12.3 Å². The normalized spacial score (nSPS) is 29.1. The van der Waals surface area contributed by atoms with E-state index < -0.39 is 26.6 Å².